The van der Waals surface area contributed by atoms with Crippen LogP contribution in [0.5, 0.6) is 0 Å². The van der Waals surface area contributed by atoms with Crippen molar-refractivity contribution in [1.82, 2.24) is 0 Å². The fourth-order valence-electron chi connectivity index (χ4n) is 0.762. The average molecular weight is 333 g/mol. The molecule has 0 fully saturated rings. The van der Waals surface area contributed by atoms with Crippen molar-refractivity contribution in [3.63, 3.8) is 0 Å². The van der Waals surface area contributed by atoms with Crippen molar-refractivity contribution >= 4 is 49.9 Å². The van der Waals surface area contributed by atoms with Gasteiger partial charge in [0.2, 0.25) is 10.0 Å². The van der Waals surface area contributed by atoms with E-state index in [0.29, 0.717) is 9.26 Å². The summed E-state index contributed by atoms with van der Waals surface area (Å²) in [6.45, 7) is 0. The van der Waals surface area contributed by atoms with Gasteiger partial charge in [-0.2, -0.15) is 0 Å². The number of primary sulfonamides is 1. The Labute approximate surface area is 94.4 Å². The highest BCUT2D eigenvalue weighted by Gasteiger charge is 2.14. The van der Waals surface area contributed by atoms with Gasteiger partial charge in [-0.1, -0.05) is 11.6 Å². The molecule has 7 heteroatoms. The molecule has 0 heterocycles. The highest BCUT2D eigenvalue weighted by molar-refractivity contribution is 14.1. The summed E-state index contributed by atoms with van der Waals surface area (Å²) in [5.74, 6) is 0. The Morgan fingerprint density at radius 2 is 1.92 bits per heavy atom. The van der Waals surface area contributed by atoms with E-state index in [9.17, 15) is 8.42 Å². The number of sulfonamides is 1. The number of nitrogen functional groups attached to an aromatic ring is 1. The standard InChI is InChI=1S/C6H6ClIN2O2S/c7-3-1-5(9)4(8)2-6(3)13(10,11)12/h1-2H,9H2,(H2,10,11,12). The molecule has 1 aromatic rings. The maximum absolute atomic E-state index is 11.0. The fraction of sp³-hybridized carbons (Fsp3) is 0. The van der Waals surface area contributed by atoms with Gasteiger partial charge in [-0.25, -0.2) is 13.6 Å². The van der Waals surface area contributed by atoms with E-state index in [4.69, 9.17) is 22.5 Å². The maximum Gasteiger partial charge on any atom is 0.239 e. The zero-order valence-electron chi connectivity index (χ0n) is 6.29. The minimum absolute atomic E-state index is 0.0421. The van der Waals surface area contributed by atoms with E-state index in [0.717, 1.165) is 0 Å². The van der Waals surface area contributed by atoms with Crippen LogP contribution in [0.2, 0.25) is 5.02 Å². The Kier molecular flexibility index (Phi) is 3.05. The van der Waals surface area contributed by atoms with Crippen LogP contribution in [-0.2, 0) is 10.0 Å². The van der Waals surface area contributed by atoms with Gasteiger partial charge in [-0.3, -0.25) is 0 Å². The van der Waals surface area contributed by atoms with E-state index in [1.807, 2.05) is 22.6 Å². The van der Waals surface area contributed by atoms with Crippen LogP contribution in [-0.4, -0.2) is 8.42 Å². The third-order valence-electron chi connectivity index (χ3n) is 1.36. The van der Waals surface area contributed by atoms with Crippen LogP contribution in [0.4, 0.5) is 5.69 Å². The average Bonchev–Trinajstić information content (AvgIpc) is 1.94. The van der Waals surface area contributed by atoms with Crippen LogP contribution in [0.25, 0.3) is 0 Å². The van der Waals surface area contributed by atoms with Gasteiger partial charge in [-0.15, -0.1) is 0 Å². The zero-order chi connectivity index (χ0) is 10.2. The largest absolute Gasteiger partial charge is 0.398 e. The van der Waals surface area contributed by atoms with Crippen LogP contribution in [0.1, 0.15) is 0 Å². The number of hydrogen-bond donors (Lipinski definition) is 2. The summed E-state index contributed by atoms with van der Waals surface area (Å²) in [5, 5.41) is 4.96. The van der Waals surface area contributed by atoms with Crippen molar-refractivity contribution in [2.45, 2.75) is 4.90 Å². The van der Waals surface area contributed by atoms with E-state index in [1.54, 1.807) is 0 Å². The SMILES string of the molecule is Nc1cc(Cl)c(S(N)(=O)=O)cc1I. The normalized spacial score (nSPS) is 11.6. The van der Waals surface area contributed by atoms with Gasteiger partial charge in [0.1, 0.15) is 4.90 Å². The van der Waals surface area contributed by atoms with E-state index < -0.39 is 10.0 Å². The lowest BCUT2D eigenvalue weighted by Gasteiger charge is -2.04. The van der Waals surface area contributed by atoms with Gasteiger partial charge < -0.3 is 5.73 Å². The Morgan fingerprint density at radius 3 is 2.38 bits per heavy atom. The zero-order valence-corrected chi connectivity index (χ0v) is 10.0. The van der Waals surface area contributed by atoms with Crippen molar-refractivity contribution in [2.24, 2.45) is 5.14 Å². The molecular formula is C6H6ClIN2O2S. The number of halogens is 2. The molecule has 72 valence electrons. The van der Waals surface area contributed by atoms with Crippen LogP contribution in [0.15, 0.2) is 17.0 Å². The minimum atomic E-state index is -3.77. The third kappa shape index (κ3) is 2.46. The first-order valence-corrected chi connectivity index (χ1v) is 6.10. The summed E-state index contributed by atoms with van der Waals surface area (Å²) in [4.78, 5) is -0.104. The first-order chi connectivity index (χ1) is 5.82. The smallest absolute Gasteiger partial charge is 0.239 e. The second-order valence-corrected chi connectivity index (χ2v) is 5.45. The molecule has 0 aliphatic carbocycles. The molecule has 0 aliphatic heterocycles. The maximum atomic E-state index is 11.0. The first-order valence-electron chi connectivity index (χ1n) is 3.09. The second-order valence-electron chi connectivity index (χ2n) is 2.35. The van der Waals surface area contributed by atoms with Crippen molar-refractivity contribution < 1.29 is 8.42 Å². The lowest BCUT2D eigenvalue weighted by atomic mass is 10.3. The van der Waals surface area contributed by atoms with Crippen LogP contribution in [0.3, 0.4) is 0 Å². The summed E-state index contributed by atoms with van der Waals surface area (Å²) in [7, 11) is -3.77. The lowest BCUT2D eigenvalue weighted by Crippen LogP contribution is -2.13. The molecular weight excluding hydrogens is 327 g/mol. The van der Waals surface area contributed by atoms with E-state index in [1.165, 1.54) is 12.1 Å². The topological polar surface area (TPSA) is 86.2 Å². The molecule has 0 saturated carbocycles. The fourth-order valence-corrected chi connectivity index (χ4v) is 2.55. The molecule has 0 aliphatic rings. The number of hydrogen-bond acceptors (Lipinski definition) is 3. The van der Waals surface area contributed by atoms with Crippen molar-refractivity contribution in [3.8, 4) is 0 Å². The molecule has 0 spiro atoms. The molecule has 0 saturated heterocycles. The number of rotatable bonds is 1. The summed E-state index contributed by atoms with van der Waals surface area (Å²) in [5.41, 5.74) is 5.93. The summed E-state index contributed by atoms with van der Waals surface area (Å²) >= 11 is 7.55. The highest BCUT2D eigenvalue weighted by Crippen LogP contribution is 2.26. The lowest BCUT2D eigenvalue weighted by molar-refractivity contribution is 0.598. The monoisotopic (exact) mass is 332 g/mol. The summed E-state index contributed by atoms with van der Waals surface area (Å²) in [6.07, 6.45) is 0. The first kappa shape index (κ1) is 11.0. The molecule has 0 bridgehead atoms. The van der Waals surface area contributed by atoms with Gasteiger partial charge in [0.15, 0.2) is 0 Å². The van der Waals surface area contributed by atoms with E-state index in [2.05, 4.69) is 0 Å². The molecule has 1 aromatic carbocycles. The third-order valence-corrected chi connectivity index (χ3v) is 3.67. The molecule has 0 atom stereocenters. The quantitative estimate of drug-likeness (QED) is 0.598. The molecule has 0 aromatic heterocycles. The van der Waals surface area contributed by atoms with Crippen molar-refractivity contribution in [2.75, 3.05) is 5.73 Å². The Bertz CT molecular complexity index is 446. The summed E-state index contributed by atoms with van der Waals surface area (Å²) < 4.78 is 22.5. The predicted octanol–water partition coefficient (Wildman–Crippen LogP) is 1.17. The van der Waals surface area contributed by atoms with E-state index >= 15 is 0 Å². The van der Waals surface area contributed by atoms with Gasteiger partial charge in [0.25, 0.3) is 0 Å². The molecule has 13 heavy (non-hydrogen) atoms. The number of nitrogens with two attached hydrogens (primary N) is 2. The predicted molar refractivity (Wildman–Crippen MR) is 60.0 cm³/mol. The second kappa shape index (κ2) is 3.60. The Hall–Kier alpha value is -0.0500. The van der Waals surface area contributed by atoms with Crippen molar-refractivity contribution in [1.29, 1.82) is 0 Å². The molecule has 0 radical (unpaired) electrons. The molecule has 0 amide bonds. The van der Waals surface area contributed by atoms with Crippen LogP contribution < -0.4 is 10.9 Å². The Balaban J connectivity index is 3.50. The molecule has 1 rings (SSSR count). The van der Waals surface area contributed by atoms with Gasteiger partial charge in [0.05, 0.1) is 5.02 Å². The van der Waals surface area contributed by atoms with Gasteiger partial charge >= 0.3 is 0 Å². The minimum Gasteiger partial charge on any atom is -0.398 e. The van der Waals surface area contributed by atoms with Crippen LogP contribution in [0, 0.1) is 3.57 Å². The highest BCUT2D eigenvalue weighted by atomic mass is 127. The summed E-state index contributed by atoms with van der Waals surface area (Å²) in [6, 6.07) is 2.70. The van der Waals surface area contributed by atoms with Gasteiger partial charge in [-0.05, 0) is 34.7 Å². The number of anilines is 1. The molecule has 4 nitrogen and oxygen atoms in total. The van der Waals surface area contributed by atoms with E-state index in [-0.39, 0.29) is 9.92 Å². The molecule has 0 unspecified atom stereocenters. The van der Waals surface area contributed by atoms with Gasteiger partial charge in [0, 0.05) is 9.26 Å². The van der Waals surface area contributed by atoms with Crippen LogP contribution >= 0.6 is 34.2 Å². The Morgan fingerprint density at radius 1 is 1.38 bits per heavy atom. The van der Waals surface area contributed by atoms with Crippen molar-refractivity contribution in [3.05, 3.63) is 20.7 Å². The number of benzene rings is 1. The molecule has 4 N–H and O–H groups in total.